The van der Waals surface area contributed by atoms with E-state index in [0.29, 0.717) is 4.58 Å². The van der Waals surface area contributed by atoms with Gasteiger partial charge in [0.2, 0.25) is 0 Å². The van der Waals surface area contributed by atoms with E-state index >= 15 is 0 Å². The van der Waals surface area contributed by atoms with Gasteiger partial charge in [-0.25, -0.2) is 0 Å². The average Bonchev–Trinajstić information content (AvgIpc) is 2.81. The summed E-state index contributed by atoms with van der Waals surface area (Å²) in [5.74, 6) is 1.24. The van der Waals surface area contributed by atoms with Crippen LogP contribution in [0, 0.1) is 0 Å². The molecule has 0 bridgehead atoms. The molecule has 0 amide bonds. The highest BCUT2D eigenvalue weighted by Gasteiger charge is 2.19. The zero-order chi connectivity index (χ0) is 11.5. The first kappa shape index (κ1) is 11.9. The van der Waals surface area contributed by atoms with E-state index in [4.69, 9.17) is 5.11 Å². The number of hydrogen-bond acceptors (Lipinski definition) is 3. The number of rotatable bonds is 3. The molecule has 1 atom stereocenters. The van der Waals surface area contributed by atoms with Gasteiger partial charge in [0.05, 0.1) is 10.5 Å². The minimum Gasteiger partial charge on any atom is -0.481 e. The summed E-state index contributed by atoms with van der Waals surface area (Å²) in [6.45, 7) is 1.72. The topological polar surface area (TPSA) is 37.3 Å². The molecule has 1 unspecified atom stereocenters. The van der Waals surface area contributed by atoms with Crippen molar-refractivity contribution in [2.45, 2.75) is 17.4 Å². The smallest absolute Gasteiger partial charge is 0.310 e. The molecule has 0 aliphatic carbocycles. The van der Waals surface area contributed by atoms with E-state index in [1.165, 1.54) is 17.1 Å². The van der Waals surface area contributed by atoms with Crippen LogP contribution in [0.4, 0.5) is 0 Å². The molecule has 1 aromatic carbocycles. The quantitative estimate of drug-likeness (QED) is 0.897. The third kappa shape index (κ3) is 2.55. The Morgan fingerprint density at radius 3 is 2.38 bits per heavy atom. The Morgan fingerprint density at radius 2 is 1.88 bits per heavy atom. The number of thioether (sulfide) groups is 2. The lowest BCUT2D eigenvalue weighted by Crippen LogP contribution is -2.07. The Labute approximate surface area is 104 Å². The second-order valence-corrected chi connectivity index (χ2v) is 6.52. The molecule has 0 saturated carbocycles. The molecule has 1 N–H and O–H groups in total. The van der Waals surface area contributed by atoms with Crippen LogP contribution in [0.5, 0.6) is 0 Å². The summed E-state index contributed by atoms with van der Waals surface area (Å²) in [4.78, 5) is 10.8. The number of aliphatic carboxylic acids is 1. The fourth-order valence-corrected chi connectivity index (χ4v) is 4.49. The number of hydrogen-bond donors (Lipinski definition) is 1. The standard InChI is InChI=1S/C12H14O2S2/c1-8(11(13)14)9-2-4-10(5-3-9)12-15-6-7-16-12/h2-5,8,12H,6-7H2,1H3,(H,13,14). The van der Waals surface area contributed by atoms with E-state index in [1.807, 2.05) is 35.7 Å². The average molecular weight is 254 g/mol. The summed E-state index contributed by atoms with van der Waals surface area (Å²) < 4.78 is 0.536. The molecule has 1 fully saturated rings. The maximum atomic E-state index is 10.8. The van der Waals surface area contributed by atoms with E-state index < -0.39 is 11.9 Å². The van der Waals surface area contributed by atoms with Gasteiger partial charge in [-0.2, -0.15) is 0 Å². The maximum Gasteiger partial charge on any atom is 0.310 e. The lowest BCUT2D eigenvalue weighted by Gasteiger charge is -2.11. The van der Waals surface area contributed by atoms with Crippen molar-refractivity contribution in [2.75, 3.05) is 11.5 Å². The Morgan fingerprint density at radius 1 is 1.31 bits per heavy atom. The molecule has 2 nitrogen and oxygen atoms in total. The largest absolute Gasteiger partial charge is 0.481 e. The number of carboxylic acid groups (broad SMARTS) is 1. The van der Waals surface area contributed by atoms with Gasteiger partial charge in [-0.05, 0) is 18.1 Å². The molecule has 1 saturated heterocycles. The normalized spacial score (nSPS) is 18.6. The van der Waals surface area contributed by atoms with E-state index in [9.17, 15) is 4.79 Å². The van der Waals surface area contributed by atoms with E-state index in [1.54, 1.807) is 6.92 Å². The molecule has 1 aliphatic heterocycles. The second-order valence-electron chi connectivity index (χ2n) is 3.80. The molecular formula is C12H14O2S2. The van der Waals surface area contributed by atoms with Crippen LogP contribution in [0.2, 0.25) is 0 Å². The predicted molar refractivity (Wildman–Crippen MR) is 70.1 cm³/mol. The molecule has 0 aromatic heterocycles. The summed E-state index contributed by atoms with van der Waals surface area (Å²) in [7, 11) is 0. The fraction of sp³-hybridized carbons (Fsp3) is 0.417. The zero-order valence-corrected chi connectivity index (χ0v) is 10.7. The third-order valence-electron chi connectivity index (χ3n) is 2.70. The minimum absolute atomic E-state index is 0.419. The molecule has 1 aromatic rings. The molecule has 16 heavy (non-hydrogen) atoms. The Bertz CT molecular complexity index is 369. The highest BCUT2D eigenvalue weighted by atomic mass is 32.2. The SMILES string of the molecule is CC(C(=O)O)c1ccc(C2SCCS2)cc1. The molecule has 1 aliphatic rings. The van der Waals surface area contributed by atoms with Gasteiger partial charge in [-0.1, -0.05) is 24.3 Å². The van der Waals surface area contributed by atoms with E-state index in [2.05, 4.69) is 12.1 Å². The van der Waals surface area contributed by atoms with E-state index in [0.717, 1.165) is 5.56 Å². The van der Waals surface area contributed by atoms with Gasteiger partial charge in [-0.3, -0.25) is 4.79 Å². The summed E-state index contributed by atoms with van der Waals surface area (Å²) in [5, 5.41) is 8.91. The maximum absolute atomic E-state index is 10.8. The van der Waals surface area contributed by atoms with Crippen molar-refractivity contribution in [3.63, 3.8) is 0 Å². The van der Waals surface area contributed by atoms with Gasteiger partial charge < -0.3 is 5.11 Å². The predicted octanol–water partition coefficient (Wildman–Crippen LogP) is 3.35. The van der Waals surface area contributed by atoms with Gasteiger partial charge in [0.25, 0.3) is 0 Å². The van der Waals surface area contributed by atoms with Crippen LogP contribution < -0.4 is 0 Å². The van der Waals surface area contributed by atoms with Crippen LogP contribution in [0.1, 0.15) is 28.6 Å². The molecule has 86 valence electrons. The van der Waals surface area contributed by atoms with Gasteiger partial charge in [0.1, 0.15) is 0 Å². The summed E-state index contributed by atoms with van der Waals surface area (Å²) in [5.41, 5.74) is 2.18. The number of carboxylic acids is 1. The molecule has 1 heterocycles. The molecule has 2 rings (SSSR count). The Balaban J connectivity index is 2.12. The Hall–Kier alpha value is -0.610. The fourth-order valence-electron chi connectivity index (χ4n) is 1.64. The van der Waals surface area contributed by atoms with Crippen LogP contribution in [-0.4, -0.2) is 22.6 Å². The van der Waals surface area contributed by atoms with Crippen molar-refractivity contribution in [1.82, 2.24) is 0 Å². The highest BCUT2D eigenvalue weighted by Crippen LogP contribution is 2.45. The van der Waals surface area contributed by atoms with Crippen molar-refractivity contribution < 1.29 is 9.90 Å². The number of benzene rings is 1. The van der Waals surface area contributed by atoms with Crippen LogP contribution in [-0.2, 0) is 4.79 Å². The first-order chi connectivity index (χ1) is 7.68. The first-order valence-electron chi connectivity index (χ1n) is 5.24. The van der Waals surface area contributed by atoms with Crippen molar-refractivity contribution in [3.05, 3.63) is 35.4 Å². The first-order valence-corrected chi connectivity index (χ1v) is 7.34. The lowest BCUT2D eigenvalue weighted by molar-refractivity contribution is -0.138. The monoisotopic (exact) mass is 254 g/mol. The summed E-state index contributed by atoms with van der Waals surface area (Å²) >= 11 is 3.93. The Kier molecular flexibility index (Phi) is 3.82. The van der Waals surface area contributed by atoms with Crippen LogP contribution in [0.25, 0.3) is 0 Å². The highest BCUT2D eigenvalue weighted by molar-refractivity contribution is 8.19. The van der Waals surface area contributed by atoms with Gasteiger partial charge in [-0.15, -0.1) is 23.5 Å². The molecule has 0 spiro atoms. The van der Waals surface area contributed by atoms with Crippen LogP contribution >= 0.6 is 23.5 Å². The van der Waals surface area contributed by atoms with Gasteiger partial charge >= 0.3 is 5.97 Å². The van der Waals surface area contributed by atoms with Crippen molar-refractivity contribution in [3.8, 4) is 0 Å². The molecule has 4 heteroatoms. The number of carbonyl (C=O) groups is 1. The van der Waals surface area contributed by atoms with Crippen LogP contribution in [0.15, 0.2) is 24.3 Å². The molecule has 0 radical (unpaired) electrons. The molecular weight excluding hydrogens is 240 g/mol. The second kappa shape index (κ2) is 5.15. The van der Waals surface area contributed by atoms with Crippen LogP contribution in [0.3, 0.4) is 0 Å². The van der Waals surface area contributed by atoms with Gasteiger partial charge in [0.15, 0.2) is 0 Å². The van der Waals surface area contributed by atoms with Crippen molar-refractivity contribution in [2.24, 2.45) is 0 Å². The minimum atomic E-state index is -0.766. The van der Waals surface area contributed by atoms with Crippen molar-refractivity contribution in [1.29, 1.82) is 0 Å². The van der Waals surface area contributed by atoms with E-state index in [-0.39, 0.29) is 0 Å². The lowest BCUT2D eigenvalue weighted by atomic mass is 10.0. The zero-order valence-electron chi connectivity index (χ0n) is 9.05. The third-order valence-corrected chi connectivity index (χ3v) is 5.81. The summed E-state index contributed by atoms with van der Waals surface area (Å²) in [6, 6.07) is 8.00. The van der Waals surface area contributed by atoms with Crippen molar-refractivity contribution >= 4 is 29.5 Å². The van der Waals surface area contributed by atoms with Gasteiger partial charge in [0, 0.05) is 11.5 Å². The summed E-state index contributed by atoms with van der Waals surface area (Å²) in [6.07, 6.45) is 0.